The van der Waals surface area contributed by atoms with Crippen molar-refractivity contribution in [3.8, 4) is 5.75 Å². The predicted octanol–water partition coefficient (Wildman–Crippen LogP) is 1.02. The molecule has 0 saturated heterocycles. The maximum atomic E-state index is 9.21. The summed E-state index contributed by atoms with van der Waals surface area (Å²) in [5.41, 5.74) is 6.56. The van der Waals surface area contributed by atoms with Crippen molar-refractivity contribution in [1.29, 1.82) is 0 Å². The number of benzene rings is 1. The van der Waals surface area contributed by atoms with Gasteiger partial charge in [-0.15, -0.1) is 0 Å². The monoisotopic (exact) mass is 245 g/mol. The van der Waals surface area contributed by atoms with Gasteiger partial charge in [0, 0.05) is 6.04 Å². The summed E-state index contributed by atoms with van der Waals surface area (Å²) in [4.78, 5) is 0. The van der Waals surface area contributed by atoms with Crippen LogP contribution >= 0.6 is 15.9 Å². The van der Waals surface area contributed by atoms with E-state index < -0.39 is 0 Å². The Morgan fingerprint density at radius 2 is 2.15 bits per heavy atom. The summed E-state index contributed by atoms with van der Waals surface area (Å²) in [6, 6.07) is 4.95. The zero-order valence-corrected chi connectivity index (χ0v) is 8.66. The number of hydrogen-bond acceptors (Lipinski definition) is 3. The van der Waals surface area contributed by atoms with Gasteiger partial charge in [-0.2, -0.15) is 0 Å². The van der Waals surface area contributed by atoms with E-state index >= 15 is 0 Å². The molecular weight excluding hydrogens is 234 g/mol. The van der Waals surface area contributed by atoms with Gasteiger partial charge in [0.2, 0.25) is 0 Å². The summed E-state index contributed by atoms with van der Waals surface area (Å²) in [7, 11) is 0. The Balaban J connectivity index is 2.73. The van der Waals surface area contributed by atoms with Gasteiger partial charge < -0.3 is 15.9 Å². The van der Waals surface area contributed by atoms with E-state index in [1.165, 1.54) is 0 Å². The highest BCUT2D eigenvalue weighted by atomic mass is 79.9. The highest BCUT2D eigenvalue weighted by molar-refractivity contribution is 9.10. The van der Waals surface area contributed by atoms with Crippen LogP contribution in [0.4, 0.5) is 0 Å². The SMILES string of the molecule is NC(CO)Cc1ccc(O)c(Br)c1. The molecule has 0 spiro atoms. The molecule has 0 bridgehead atoms. The normalized spacial score (nSPS) is 12.8. The van der Waals surface area contributed by atoms with Crippen molar-refractivity contribution in [2.24, 2.45) is 5.73 Å². The fourth-order valence-corrected chi connectivity index (χ4v) is 1.47. The molecule has 4 heteroatoms. The molecule has 13 heavy (non-hydrogen) atoms. The van der Waals surface area contributed by atoms with Crippen molar-refractivity contribution in [3.05, 3.63) is 28.2 Å². The molecule has 0 radical (unpaired) electrons. The molecule has 0 aliphatic carbocycles. The van der Waals surface area contributed by atoms with Crippen molar-refractivity contribution < 1.29 is 10.2 Å². The first-order valence-electron chi connectivity index (χ1n) is 3.97. The topological polar surface area (TPSA) is 66.5 Å². The first kappa shape index (κ1) is 10.5. The number of aliphatic hydroxyl groups is 1. The first-order valence-corrected chi connectivity index (χ1v) is 4.76. The number of halogens is 1. The van der Waals surface area contributed by atoms with Crippen molar-refractivity contribution in [2.75, 3.05) is 6.61 Å². The smallest absolute Gasteiger partial charge is 0.129 e. The minimum absolute atomic E-state index is 0.0293. The average Bonchev–Trinajstić information content (AvgIpc) is 2.11. The predicted molar refractivity (Wildman–Crippen MR) is 54.6 cm³/mol. The first-order chi connectivity index (χ1) is 6.13. The van der Waals surface area contributed by atoms with Crippen LogP contribution in [-0.4, -0.2) is 22.9 Å². The van der Waals surface area contributed by atoms with E-state index in [2.05, 4.69) is 15.9 Å². The van der Waals surface area contributed by atoms with Crippen LogP contribution in [-0.2, 0) is 6.42 Å². The van der Waals surface area contributed by atoms with Gasteiger partial charge in [0.15, 0.2) is 0 Å². The van der Waals surface area contributed by atoms with Crippen molar-refractivity contribution in [3.63, 3.8) is 0 Å². The number of rotatable bonds is 3. The highest BCUT2D eigenvalue weighted by Gasteiger charge is 2.04. The third kappa shape index (κ3) is 2.99. The number of hydrogen-bond donors (Lipinski definition) is 3. The van der Waals surface area contributed by atoms with Crippen LogP contribution in [0.3, 0.4) is 0 Å². The van der Waals surface area contributed by atoms with E-state index in [0.29, 0.717) is 10.9 Å². The molecule has 1 atom stereocenters. The second-order valence-corrected chi connectivity index (χ2v) is 3.79. The maximum Gasteiger partial charge on any atom is 0.129 e. The quantitative estimate of drug-likeness (QED) is 0.745. The Morgan fingerprint density at radius 1 is 1.46 bits per heavy atom. The summed E-state index contributed by atoms with van der Waals surface area (Å²) in [5, 5.41) is 17.9. The van der Waals surface area contributed by atoms with Crippen LogP contribution in [0.2, 0.25) is 0 Å². The van der Waals surface area contributed by atoms with E-state index in [9.17, 15) is 5.11 Å². The number of phenolic OH excluding ortho intramolecular Hbond substituents is 1. The van der Waals surface area contributed by atoms with Crippen molar-refractivity contribution >= 4 is 15.9 Å². The van der Waals surface area contributed by atoms with Crippen LogP contribution in [0.1, 0.15) is 5.56 Å². The molecule has 1 rings (SSSR count). The zero-order chi connectivity index (χ0) is 9.84. The molecule has 1 aromatic carbocycles. The molecule has 0 aliphatic rings. The number of nitrogens with two attached hydrogens (primary N) is 1. The van der Waals surface area contributed by atoms with Crippen molar-refractivity contribution in [2.45, 2.75) is 12.5 Å². The van der Waals surface area contributed by atoms with E-state index in [1.54, 1.807) is 18.2 Å². The lowest BCUT2D eigenvalue weighted by Crippen LogP contribution is -2.26. The highest BCUT2D eigenvalue weighted by Crippen LogP contribution is 2.24. The lowest BCUT2D eigenvalue weighted by molar-refractivity contribution is 0.265. The molecule has 0 saturated carbocycles. The summed E-state index contributed by atoms with van der Waals surface area (Å²) >= 11 is 3.20. The Bertz CT molecular complexity index is 291. The Kier molecular flexibility index (Phi) is 3.71. The fraction of sp³-hybridized carbons (Fsp3) is 0.333. The third-order valence-corrected chi connectivity index (χ3v) is 2.38. The average molecular weight is 246 g/mol. The van der Waals surface area contributed by atoms with Crippen LogP contribution < -0.4 is 5.73 Å². The zero-order valence-electron chi connectivity index (χ0n) is 7.07. The standard InChI is InChI=1S/C9H12BrNO2/c10-8-4-6(1-2-9(8)13)3-7(11)5-12/h1-2,4,7,12-13H,3,5,11H2. The molecule has 0 aromatic heterocycles. The molecule has 0 aliphatic heterocycles. The lowest BCUT2D eigenvalue weighted by Gasteiger charge is -2.08. The Labute approximate surface area is 85.3 Å². The molecule has 72 valence electrons. The maximum absolute atomic E-state index is 9.21. The molecule has 1 aromatic rings. The van der Waals surface area contributed by atoms with E-state index in [0.717, 1.165) is 5.56 Å². The van der Waals surface area contributed by atoms with Gasteiger partial charge in [-0.25, -0.2) is 0 Å². The van der Waals surface area contributed by atoms with Crippen LogP contribution in [0, 0.1) is 0 Å². The molecule has 0 heterocycles. The van der Waals surface area contributed by atoms with E-state index in [1.807, 2.05) is 0 Å². The molecule has 0 amide bonds. The van der Waals surface area contributed by atoms with Gasteiger partial charge in [0.25, 0.3) is 0 Å². The minimum atomic E-state index is -0.239. The van der Waals surface area contributed by atoms with Crippen LogP contribution in [0.15, 0.2) is 22.7 Å². The number of aliphatic hydroxyl groups excluding tert-OH is 1. The van der Waals surface area contributed by atoms with Gasteiger partial charge in [0.1, 0.15) is 5.75 Å². The lowest BCUT2D eigenvalue weighted by atomic mass is 10.1. The van der Waals surface area contributed by atoms with Gasteiger partial charge in [-0.1, -0.05) is 6.07 Å². The summed E-state index contributed by atoms with van der Waals surface area (Å²) in [5.74, 6) is 0.210. The summed E-state index contributed by atoms with van der Waals surface area (Å²) in [6.45, 7) is -0.0293. The molecule has 1 unspecified atom stereocenters. The third-order valence-electron chi connectivity index (χ3n) is 1.74. The number of phenols is 1. The second kappa shape index (κ2) is 4.60. The molecular formula is C9H12BrNO2. The largest absolute Gasteiger partial charge is 0.507 e. The van der Waals surface area contributed by atoms with Crippen molar-refractivity contribution in [1.82, 2.24) is 0 Å². The van der Waals surface area contributed by atoms with E-state index in [4.69, 9.17) is 10.8 Å². The van der Waals surface area contributed by atoms with Crippen LogP contribution in [0.25, 0.3) is 0 Å². The Hall–Kier alpha value is -0.580. The van der Waals surface area contributed by atoms with Gasteiger partial charge >= 0.3 is 0 Å². The van der Waals surface area contributed by atoms with Gasteiger partial charge in [-0.3, -0.25) is 0 Å². The summed E-state index contributed by atoms with van der Waals surface area (Å²) < 4.78 is 0.648. The number of aromatic hydroxyl groups is 1. The molecule has 0 fully saturated rings. The van der Waals surface area contributed by atoms with Gasteiger partial charge in [0.05, 0.1) is 11.1 Å². The summed E-state index contributed by atoms with van der Waals surface area (Å²) in [6.07, 6.45) is 0.607. The molecule has 3 nitrogen and oxygen atoms in total. The second-order valence-electron chi connectivity index (χ2n) is 2.93. The minimum Gasteiger partial charge on any atom is -0.507 e. The van der Waals surface area contributed by atoms with Crippen LogP contribution in [0.5, 0.6) is 5.75 Å². The van der Waals surface area contributed by atoms with E-state index in [-0.39, 0.29) is 18.4 Å². The molecule has 4 N–H and O–H groups in total. The fourth-order valence-electron chi connectivity index (χ4n) is 1.04. The van der Waals surface area contributed by atoms with Gasteiger partial charge in [-0.05, 0) is 40.0 Å². The Morgan fingerprint density at radius 3 is 2.69 bits per heavy atom.